The number of nitrogens with two attached hydrogens (primary N) is 1. The highest BCUT2D eigenvalue weighted by Crippen LogP contribution is 2.33. The Bertz CT molecular complexity index is 1100. The van der Waals surface area contributed by atoms with E-state index in [1.54, 1.807) is 20.1 Å². The summed E-state index contributed by atoms with van der Waals surface area (Å²) in [5, 5.41) is 11.0. The van der Waals surface area contributed by atoms with Gasteiger partial charge in [-0.05, 0) is 37.5 Å². The number of amides is 1. The van der Waals surface area contributed by atoms with Crippen molar-refractivity contribution in [3.63, 3.8) is 0 Å². The number of rotatable bonds is 9. The number of hydrogen-bond acceptors (Lipinski definition) is 11. The molecule has 3 heterocycles. The highest BCUT2D eigenvalue weighted by atomic mass is 32.1. The molecule has 1 aliphatic rings. The Hall–Kier alpha value is -3.25. The van der Waals surface area contributed by atoms with Gasteiger partial charge < -0.3 is 24.5 Å². The fraction of sp³-hybridized carbons (Fsp3) is 0.476. The standard InChI is InChI=1S/C21H28N6O5S/c1-12(11-30-3)14-6-8-27(10-14)15-9-16(32-19(29)17(15)31-4)18(28)24-21-26-25-20(33-21)23-13(2)5-7-22/h5,7,9,12,14H,6,8,10-11,22H2,1-4H3,(H,24,26,28)/t12-,14-/m0/s1. The van der Waals surface area contributed by atoms with Crippen LogP contribution in [0.1, 0.15) is 30.8 Å². The molecule has 1 amide bonds. The molecule has 3 rings (SSSR count). The van der Waals surface area contributed by atoms with Gasteiger partial charge in [0.05, 0.1) is 12.8 Å². The second-order valence-electron chi connectivity index (χ2n) is 7.70. The van der Waals surface area contributed by atoms with Crippen LogP contribution in [0.3, 0.4) is 0 Å². The van der Waals surface area contributed by atoms with E-state index in [1.165, 1.54) is 19.4 Å². The molecule has 12 heteroatoms. The smallest absolute Gasteiger partial charge is 0.381 e. The van der Waals surface area contributed by atoms with E-state index in [4.69, 9.17) is 19.6 Å². The number of carbonyl (C=O) groups excluding carboxylic acids is 1. The van der Waals surface area contributed by atoms with Crippen molar-refractivity contribution < 1.29 is 18.7 Å². The topological polar surface area (TPSA) is 145 Å². The largest absolute Gasteiger partial charge is 0.488 e. The van der Waals surface area contributed by atoms with Crippen LogP contribution in [0, 0.1) is 11.8 Å². The number of aromatic nitrogens is 2. The molecule has 0 aliphatic carbocycles. The van der Waals surface area contributed by atoms with Crippen LogP contribution in [0.25, 0.3) is 0 Å². The quantitative estimate of drug-likeness (QED) is 0.521. The fourth-order valence-electron chi connectivity index (χ4n) is 3.67. The summed E-state index contributed by atoms with van der Waals surface area (Å²) in [6.07, 6.45) is 3.93. The van der Waals surface area contributed by atoms with E-state index in [9.17, 15) is 9.59 Å². The van der Waals surface area contributed by atoms with Gasteiger partial charge in [0.2, 0.25) is 16.0 Å². The van der Waals surface area contributed by atoms with E-state index in [-0.39, 0.29) is 16.6 Å². The van der Waals surface area contributed by atoms with Crippen molar-refractivity contribution in [2.24, 2.45) is 22.6 Å². The highest BCUT2D eigenvalue weighted by molar-refractivity contribution is 7.18. The summed E-state index contributed by atoms with van der Waals surface area (Å²) >= 11 is 1.08. The molecule has 2 aromatic rings. The number of carbonyl (C=O) groups is 1. The third kappa shape index (κ3) is 5.96. The molecular formula is C21H28N6O5S. The molecule has 0 unspecified atom stereocenters. The summed E-state index contributed by atoms with van der Waals surface area (Å²) in [5.74, 6) is 0.0725. The zero-order valence-corrected chi connectivity index (χ0v) is 19.8. The maximum Gasteiger partial charge on any atom is 0.381 e. The van der Waals surface area contributed by atoms with Crippen molar-refractivity contribution in [3.8, 4) is 5.75 Å². The van der Waals surface area contributed by atoms with Crippen LogP contribution < -0.4 is 26.3 Å². The highest BCUT2D eigenvalue weighted by Gasteiger charge is 2.30. The van der Waals surface area contributed by atoms with Crippen LogP contribution in [0.15, 0.2) is 32.5 Å². The Morgan fingerprint density at radius 1 is 1.48 bits per heavy atom. The summed E-state index contributed by atoms with van der Waals surface area (Å²) in [4.78, 5) is 31.6. The molecule has 178 valence electrons. The maximum atomic E-state index is 12.8. The van der Waals surface area contributed by atoms with Gasteiger partial charge in [-0.15, -0.1) is 10.2 Å². The lowest BCUT2D eigenvalue weighted by molar-refractivity contribution is 0.0991. The first-order valence-corrected chi connectivity index (χ1v) is 11.2. The predicted octanol–water partition coefficient (Wildman–Crippen LogP) is 2.43. The van der Waals surface area contributed by atoms with Crippen LogP contribution in [-0.2, 0) is 4.74 Å². The molecule has 0 radical (unpaired) electrons. The first kappa shape index (κ1) is 24.4. The van der Waals surface area contributed by atoms with Crippen LogP contribution in [-0.4, -0.2) is 55.7 Å². The maximum absolute atomic E-state index is 12.8. The second-order valence-corrected chi connectivity index (χ2v) is 8.66. The van der Waals surface area contributed by atoms with E-state index in [0.717, 1.165) is 30.8 Å². The molecule has 1 aliphatic heterocycles. The molecule has 33 heavy (non-hydrogen) atoms. The van der Waals surface area contributed by atoms with Crippen molar-refractivity contribution >= 4 is 38.9 Å². The Morgan fingerprint density at radius 3 is 2.97 bits per heavy atom. The van der Waals surface area contributed by atoms with Crippen molar-refractivity contribution in [2.75, 3.05) is 44.1 Å². The molecule has 2 atom stereocenters. The molecule has 2 aromatic heterocycles. The Balaban J connectivity index is 1.80. The minimum atomic E-state index is -0.722. The number of hydrogen-bond donors (Lipinski definition) is 2. The zero-order chi connectivity index (χ0) is 24.0. The summed E-state index contributed by atoms with van der Waals surface area (Å²) in [6.45, 7) is 6.01. The van der Waals surface area contributed by atoms with Crippen LogP contribution in [0.5, 0.6) is 5.75 Å². The van der Waals surface area contributed by atoms with Gasteiger partial charge in [0.1, 0.15) is 0 Å². The number of nitrogens with one attached hydrogen (secondary N) is 1. The number of ether oxygens (including phenoxy) is 2. The molecule has 0 aromatic carbocycles. The molecule has 1 saturated heterocycles. The molecule has 0 spiro atoms. The first-order chi connectivity index (χ1) is 15.9. The molecule has 3 N–H and O–H groups in total. The number of methoxy groups -OCH3 is 2. The van der Waals surface area contributed by atoms with E-state index >= 15 is 0 Å². The number of allylic oxidation sites excluding steroid dienone is 1. The van der Waals surface area contributed by atoms with Gasteiger partial charge in [0.15, 0.2) is 5.76 Å². The summed E-state index contributed by atoms with van der Waals surface area (Å²) in [5.41, 5.74) is 5.78. The molecule has 11 nitrogen and oxygen atoms in total. The van der Waals surface area contributed by atoms with Crippen molar-refractivity contribution in [1.29, 1.82) is 0 Å². The minimum absolute atomic E-state index is 0.0718. The fourth-order valence-corrected chi connectivity index (χ4v) is 4.34. The van der Waals surface area contributed by atoms with Crippen LogP contribution >= 0.6 is 11.3 Å². The zero-order valence-electron chi connectivity index (χ0n) is 19.0. The van der Waals surface area contributed by atoms with Gasteiger partial charge in [-0.2, -0.15) is 0 Å². The van der Waals surface area contributed by atoms with Gasteiger partial charge in [-0.1, -0.05) is 18.3 Å². The van der Waals surface area contributed by atoms with Gasteiger partial charge in [-0.25, -0.2) is 9.79 Å². The van der Waals surface area contributed by atoms with Crippen LogP contribution in [0.4, 0.5) is 16.0 Å². The molecule has 1 fully saturated rings. The van der Waals surface area contributed by atoms with E-state index in [2.05, 4.69) is 27.4 Å². The third-order valence-corrected chi connectivity index (χ3v) is 6.09. The Kier molecular flexibility index (Phi) is 8.17. The van der Waals surface area contributed by atoms with E-state index in [0.29, 0.717) is 35.0 Å². The lowest BCUT2D eigenvalue weighted by Gasteiger charge is -2.22. The van der Waals surface area contributed by atoms with Crippen molar-refractivity contribution in [3.05, 3.63) is 34.5 Å². The van der Waals surface area contributed by atoms with Crippen molar-refractivity contribution in [2.45, 2.75) is 20.3 Å². The molecule has 0 saturated carbocycles. The van der Waals surface area contributed by atoms with E-state index in [1.807, 2.05) is 4.90 Å². The van der Waals surface area contributed by atoms with E-state index < -0.39 is 11.5 Å². The van der Waals surface area contributed by atoms with Gasteiger partial charge in [0, 0.05) is 38.6 Å². The monoisotopic (exact) mass is 476 g/mol. The third-order valence-electron chi connectivity index (χ3n) is 5.36. The Morgan fingerprint density at radius 2 is 2.27 bits per heavy atom. The van der Waals surface area contributed by atoms with Gasteiger partial charge in [0.25, 0.3) is 5.91 Å². The molecular weight excluding hydrogens is 448 g/mol. The van der Waals surface area contributed by atoms with Gasteiger partial charge >= 0.3 is 5.63 Å². The van der Waals surface area contributed by atoms with Gasteiger partial charge in [-0.3, -0.25) is 10.1 Å². The lowest BCUT2D eigenvalue weighted by atomic mass is 9.94. The van der Waals surface area contributed by atoms with Crippen molar-refractivity contribution in [1.82, 2.24) is 10.2 Å². The minimum Gasteiger partial charge on any atom is -0.488 e. The number of aliphatic imine (C=N–C) groups is 1. The van der Waals surface area contributed by atoms with Crippen LogP contribution in [0.2, 0.25) is 0 Å². The first-order valence-electron chi connectivity index (χ1n) is 10.4. The SMILES string of the molecule is COC[C@H](C)[C@H]1CCN(c2cc(C(=O)Nc3nnc(N=C(C)C=CN)s3)oc(=O)c2OC)C1. The summed E-state index contributed by atoms with van der Waals surface area (Å²) < 4.78 is 15.8. The lowest BCUT2D eigenvalue weighted by Crippen LogP contribution is -2.26. The summed E-state index contributed by atoms with van der Waals surface area (Å²) in [7, 11) is 3.09. The average molecular weight is 477 g/mol. The number of anilines is 2. The number of nitrogens with zero attached hydrogens (tertiary/aromatic N) is 4. The molecule has 0 bridgehead atoms. The normalized spacial score (nSPS) is 17.5. The Labute approximate surface area is 195 Å². The average Bonchev–Trinajstić information content (AvgIpc) is 3.43. The predicted molar refractivity (Wildman–Crippen MR) is 127 cm³/mol. The second kappa shape index (κ2) is 11.1. The summed E-state index contributed by atoms with van der Waals surface area (Å²) in [6, 6.07) is 1.52.